The smallest absolute Gasteiger partial charge is 0.294 e. The largest absolute Gasteiger partial charge is 0.506 e. The number of aliphatic hydroxyl groups is 1. The molecule has 1 atom stereocenters. The van der Waals surface area contributed by atoms with Crippen LogP contribution in [0.1, 0.15) is 28.1 Å². The first-order valence-corrected chi connectivity index (χ1v) is 10.6. The Morgan fingerprint density at radius 2 is 1.85 bits per heavy atom. The third kappa shape index (κ3) is 3.31. The quantitative estimate of drug-likeness (QED) is 0.364. The number of fused-ring (bicyclic) bond motifs is 1. The number of amides is 1. The van der Waals surface area contributed by atoms with Crippen LogP contribution in [0.25, 0.3) is 11.0 Å². The number of nitrogens with zero attached hydrogens (tertiary/aromatic N) is 1. The number of halogens is 1. The van der Waals surface area contributed by atoms with E-state index in [0.29, 0.717) is 27.5 Å². The molecule has 8 nitrogen and oxygen atoms in total. The lowest BCUT2D eigenvalue weighted by Gasteiger charge is -2.25. The van der Waals surface area contributed by atoms with Crippen LogP contribution in [0.15, 0.2) is 74.8 Å². The fraction of sp³-hybridized carbons (Fsp3) is 0.120. The molecule has 2 aromatic heterocycles. The van der Waals surface area contributed by atoms with Crippen molar-refractivity contribution in [3.8, 4) is 11.5 Å². The minimum absolute atomic E-state index is 0.110. The van der Waals surface area contributed by atoms with Gasteiger partial charge in [0.2, 0.25) is 5.78 Å². The highest BCUT2D eigenvalue weighted by atomic mass is 35.5. The summed E-state index contributed by atoms with van der Waals surface area (Å²) in [4.78, 5) is 27.9. The fourth-order valence-electron chi connectivity index (χ4n) is 4.11. The molecule has 0 radical (unpaired) electrons. The maximum atomic E-state index is 13.6. The normalized spacial score (nSPS) is 16.0. The number of carbonyl (C=O) groups excluding carboxylic acids is 2. The standard InChI is InChI=1S/C25H18ClNO7/c1-12-7-8-17(33-12)21-20(23(30)25(31)27(21)15-5-3-4-6-16(15)28)22(29)18-10-13-9-14(26)11-19(32-2)24(13)34-18/h3-11,21,28,30H,1-2H3. The van der Waals surface area contributed by atoms with Gasteiger partial charge in [-0.15, -0.1) is 0 Å². The second-order valence-electron chi connectivity index (χ2n) is 7.74. The SMILES string of the molecule is COc1cc(Cl)cc2cc(C(=O)C3=C(O)C(=O)N(c4ccccc4O)C3c3ccc(C)o3)oc12. The van der Waals surface area contributed by atoms with E-state index in [-0.39, 0.29) is 28.5 Å². The zero-order valence-corrected chi connectivity index (χ0v) is 18.8. The molecule has 1 unspecified atom stereocenters. The van der Waals surface area contributed by atoms with Gasteiger partial charge in [0, 0.05) is 16.5 Å². The van der Waals surface area contributed by atoms with Gasteiger partial charge in [-0.1, -0.05) is 23.7 Å². The Morgan fingerprint density at radius 1 is 1.09 bits per heavy atom. The molecule has 0 fully saturated rings. The molecule has 3 heterocycles. The van der Waals surface area contributed by atoms with Crippen LogP contribution in [0.2, 0.25) is 5.02 Å². The summed E-state index contributed by atoms with van der Waals surface area (Å²) < 4.78 is 16.8. The fourth-order valence-corrected chi connectivity index (χ4v) is 4.32. The molecule has 172 valence electrons. The predicted molar refractivity (Wildman–Crippen MR) is 124 cm³/mol. The van der Waals surface area contributed by atoms with Crippen molar-refractivity contribution in [2.75, 3.05) is 12.0 Å². The molecule has 4 aromatic rings. The highest BCUT2D eigenvalue weighted by molar-refractivity contribution is 6.31. The third-order valence-corrected chi connectivity index (χ3v) is 5.83. The summed E-state index contributed by atoms with van der Waals surface area (Å²) in [5, 5.41) is 22.1. The second-order valence-corrected chi connectivity index (χ2v) is 8.18. The van der Waals surface area contributed by atoms with Gasteiger partial charge < -0.3 is 23.8 Å². The number of ether oxygens (including phenoxy) is 1. The topological polar surface area (TPSA) is 113 Å². The van der Waals surface area contributed by atoms with Crippen LogP contribution >= 0.6 is 11.6 Å². The van der Waals surface area contributed by atoms with Gasteiger partial charge >= 0.3 is 0 Å². The van der Waals surface area contributed by atoms with Crippen molar-refractivity contribution >= 4 is 39.9 Å². The van der Waals surface area contributed by atoms with E-state index in [2.05, 4.69) is 0 Å². The molecule has 0 saturated heterocycles. The minimum Gasteiger partial charge on any atom is -0.506 e. The lowest BCUT2D eigenvalue weighted by Crippen LogP contribution is -2.30. The maximum Gasteiger partial charge on any atom is 0.294 e. The number of ketones is 1. The number of para-hydroxylation sites is 2. The second kappa shape index (κ2) is 8.00. The third-order valence-electron chi connectivity index (χ3n) is 5.62. The number of methoxy groups -OCH3 is 1. The van der Waals surface area contributed by atoms with Crippen molar-refractivity contribution in [2.24, 2.45) is 0 Å². The minimum atomic E-state index is -1.14. The van der Waals surface area contributed by atoms with Crippen LogP contribution in [0.3, 0.4) is 0 Å². The first kappa shape index (κ1) is 21.7. The van der Waals surface area contributed by atoms with Gasteiger partial charge in [0.15, 0.2) is 22.9 Å². The van der Waals surface area contributed by atoms with Crippen molar-refractivity contribution < 1.29 is 33.4 Å². The van der Waals surface area contributed by atoms with E-state index in [1.807, 2.05) is 0 Å². The Balaban J connectivity index is 1.67. The first-order valence-electron chi connectivity index (χ1n) is 10.2. The summed E-state index contributed by atoms with van der Waals surface area (Å²) >= 11 is 6.12. The van der Waals surface area contributed by atoms with E-state index in [1.54, 1.807) is 43.3 Å². The number of aliphatic hydroxyl groups excluding tert-OH is 1. The maximum absolute atomic E-state index is 13.6. The van der Waals surface area contributed by atoms with Gasteiger partial charge in [-0.25, -0.2) is 0 Å². The monoisotopic (exact) mass is 479 g/mol. The van der Waals surface area contributed by atoms with Crippen molar-refractivity contribution in [3.63, 3.8) is 0 Å². The molecule has 9 heteroatoms. The van der Waals surface area contributed by atoms with Crippen LogP contribution in [-0.2, 0) is 4.79 Å². The number of phenolic OH excluding ortho intramolecular Hbond substituents is 1. The molecule has 0 aliphatic carbocycles. The lowest BCUT2D eigenvalue weighted by atomic mass is 9.99. The summed E-state index contributed by atoms with van der Waals surface area (Å²) in [5.74, 6) is -1.57. The Kier molecular flexibility index (Phi) is 5.10. The molecule has 1 aliphatic heterocycles. The predicted octanol–water partition coefficient (Wildman–Crippen LogP) is 5.48. The van der Waals surface area contributed by atoms with Crippen molar-refractivity contribution in [3.05, 3.63) is 88.2 Å². The number of hydrogen-bond donors (Lipinski definition) is 2. The highest BCUT2D eigenvalue weighted by Crippen LogP contribution is 2.45. The Hall–Kier alpha value is -4.17. The Bertz CT molecular complexity index is 1500. The van der Waals surface area contributed by atoms with Crippen molar-refractivity contribution in [1.82, 2.24) is 0 Å². The van der Waals surface area contributed by atoms with E-state index < -0.39 is 23.5 Å². The molecule has 34 heavy (non-hydrogen) atoms. The number of Topliss-reactive ketones (excluding diaryl/α,β-unsaturated/α-hetero) is 1. The number of furan rings is 2. The Morgan fingerprint density at radius 3 is 2.53 bits per heavy atom. The molecule has 2 aromatic carbocycles. The summed E-state index contributed by atoms with van der Waals surface area (Å²) in [5.41, 5.74) is 0.160. The van der Waals surface area contributed by atoms with Gasteiger partial charge in [-0.3, -0.25) is 14.5 Å². The van der Waals surface area contributed by atoms with E-state index >= 15 is 0 Å². The van der Waals surface area contributed by atoms with Crippen LogP contribution in [0, 0.1) is 6.92 Å². The molecule has 0 saturated carbocycles. The Labute approximate surface area is 198 Å². The van der Waals surface area contributed by atoms with Gasteiger partial charge in [0.05, 0.1) is 18.4 Å². The van der Waals surface area contributed by atoms with Crippen LogP contribution in [0.4, 0.5) is 5.69 Å². The summed E-state index contributed by atoms with van der Waals surface area (Å²) in [6.45, 7) is 1.71. The van der Waals surface area contributed by atoms with Gasteiger partial charge in [0.25, 0.3) is 5.91 Å². The van der Waals surface area contributed by atoms with E-state index in [0.717, 1.165) is 4.90 Å². The van der Waals surface area contributed by atoms with Crippen molar-refractivity contribution in [2.45, 2.75) is 13.0 Å². The van der Waals surface area contributed by atoms with Crippen LogP contribution in [-0.4, -0.2) is 29.0 Å². The van der Waals surface area contributed by atoms with Crippen LogP contribution in [0.5, 0.6) is 11.5 Å². The number of carbonyl (C=O) groups is 2. The molecule has 5 rings (SSSR count). The van der Waals surface area contributed by atoms with Crippen LogP contribution < -0.4 is 9.64 Å². The van der Waals surface area contributed by atoms with Gasteiger partial charge in [-0.05, 0) is 43.3 Å². The zero-order valence-electron chi connectivity index (χ0n) is 18.0. The summed E-state index contributed by atoms with van der Waals surface area (Å²) in [6.07, 6.45) is 0. The number of benzene rings is 2. The van der Waals surface area contributed by atoms with Crippen molar-refractivity contribution in [1.29, 1.82) is 0 Å². The van der Waals surface area contributed by atoms with Gasteiger partial charge in [-0.2, -0.15) is 0 Å². The average molecular weight is 480 g/mol. The van der Waals surface area contributed by atoms with E-state index in [4.69, 9.17) is 25.2 Å². The molecule has 1 aliphatic rings. The molecule has 0 spiro atoms. The molecule has 1 amide bonds. The highest BCUT2D eigenvalue weighted by Gasteiger charge is 2.47. The molecule has 0 bridgehead atoms. The molecule has 2 N–H and O–H groups in total. The first-order chi connectivity index (χ1) is 16.3. The van der Waals surface area contributed by atoms with E-state index in [1.165, 1.54) is 25.3 Å². The number of phenols is 1. The number of aryl methyl sites for hydroxylation is 1. The molecular formula is C25H18ClNO7. The molecular weight excluding hydrogens is 462 g/mol. The number of hydrogen-bond acceptors (Lipinski definition) is 7. The lowest BCUT2D eigenvalue weighted by molar-refractivity contribution is -0.117. The summed E-state index contributed by atoms with van der Waals surface area (Å²) in [7, 11) is 1.44. The van der Waals surface area contributed by atoms with Gasteiger partial charge in [0.1, 0.15) is 23.3 Å². The number of rotatable bonds is 5. The number of aromatic hydroxyl groups is 1. The zero-order chi connectivity index (χ0) is 24.1. The van der Waals surface area contributed by atoms with E-state index in [9.17, 15) is 19.8 Å². The number of anilines is 1. The summed E-state index contributed by atoms with van der Waals surface area (Å²) in [6, 6.07) is 12.9. The average Bonchev–Trinajstić information content (AvgIpc) is 3.50.